The first-order chi connectivity index (χ1) is 7.57. The van der Waals surface area contributed by atoms with Crippen molar-refractivity contribution in [3.63, 3.8) is 0 Å². The minimum atomic E-state index is -3.08. The Labute approximate surface area is 93.4 Å². The van der Waals surface area contributed by atoms with Crippen LogP contribution in [0.4, 0.5) is 0 Å². The van der Waals surface area contributed by atoms with Crippen LogP contribution in [0.25, 0.3) is 0 Å². The van der Waals surface area contributed by atoms with Gasteiger partial charge in [-0.3, -0.25) is 4.68 Å². The van der Waals surface area contributed by atoms with Crippen molar-refractivity contribution >= 4 is 9.84 Å². The van der Waals surface area contributed by atoms with Crippen LogP contribution in [0, 0.1) is 0 Å². The maximum Gasteiger partial charge on any atom is 0.154 e. The maximum absolute atomic E-state index is 11.2. The van der Waals surface area contributed by atoms with Crippen molar-refractivity contribution in [2.24, 2.45) is 0 Å². The highest BCUT2D eigenvalue weighted by atomic mass is 32.2. The Kier molecular flexibility index (Phi) is 3.22. The average molecular weight is 246 g/mol. The molecular formula is C8H14N4O3S. The van der Waals surface area contributed by atoms with Gasteiger partial charge in [-0.2, -0.15) is 0 Å². The molecule has 0 radical (unpaired) electrons. The second-order valence-electron chi connectivity index (χ2n) is 3.87. The molecule has 16 heavy (non-hydrogen) atoms. The topological polar surface area (TPSA) is 97.1 Å². The van der Waals surface area contributed by atoms with Crippen molar-refractivity contribution in [3.8, 4) is 0 Å². The highest BCUT2D eigenvalue weighted by Crippen LogP contribution is 2.11. The highest BCUT2D eigenvalue weighted by molar-refractivity contribution is 7.91. The van der Waals surface area contributed by atoms with E-state index >= 15 is 0 Å². The minimum absolute atomic E-state index is 0.00548. The summed E-state index contributed by atoms with van der Waals surface area (Å²) in [5.41, 5.74) is 0. The molecule has 1 aromatic rings. The summed E-state index contributed by atoms with van der Waals surface area (Å²) in [7, 11) is -3.08. The van der Waals surface area contributed by atoms with Crippen LogP contribution < -0.4 is 5.32 Å². The molecular weight excluding hydrogens is 232 g/mol. The Balaban J connectivity index is 1.79. The standard InChI is InChI=1S/C8H14N4O3S/c13-8-6-16(14,15)5-7(8)9-1-3-12-4-2-10-11-12/h2,4,7-9,13H,1,3,5-6H2. The van der Waals surface area contributed by atoms with Gasteiger partial charge in [0.2, 0.25) is 0 Å². The van der Waals surface area contributed by atoms with E-state index in [-0.39, 0.29) is 17.5 Å². The molecule has 0 aromatic carbocycles. The molecule has 0 bridgehead atoms. The molecule has 2 N–H and O–H groups in total. The lowest BCUT2D eigenvalue weighted by Crippen LogP contribution is -2.40. The first-order valence-corrected chi connectivity index (χ1v) is 6.85. The summed E-state index contributed by atoms with van der Waals surface area (Å²) < 4.78 is 24.1. The number of hydrogen-bond donors (Lipinski definition) is 2. The van der Waals surface area contributed by atoms with Gasteiger partial charge in [0.25, 0.3) is 0 Å². The maximum atomic E-state index is 11.2. The smallest absolute Gasteiger partial charge is 0.154 e. The molecule has 2 atom stereocenters. The third-order valence-corrected chi connectivity index (χ3v) is 4.26. The molecule has 90 valence electrons. The van der Waals surface area contributed by atoms with Crippen molar-refractivity contribution in [2.45, 2.75) is 18.7 Å². The van der Waals surface area contributed by atoms with E-state index < -0.39 is 15.9 Å². The Morgan fingerprint density at radius 3 is 2.88 bits per heavy atom. The quantitative estimate of drug-likeness (QED) is 0.639. The number of aliphatic hydroxyl groups is 1. The largest absolute Gasteiger partial charge is 0.390 e. The van der Waals surface area contributed by atoms with Gasteiger partial charge >= 0.3 is 0 Å². The summed E-state index contributed by atoms with van der Waals surface area (Å²) in [6.45, 7) is 1.16. The van der Waals surface area contributed by atoms with Crippen molar-refractivity contribution < 1.29 is 13.5 Å². The van der Waals surface area contributed by atoms with Crippen LogP contribution in [0.15, 0.2) is 12.4 Å². The normalized spacial score (nSPS) is 28.3. The number of nitrogens with one attached hydrogen (secondary N) is 1. The molecule has 0 amide bonds. The monoisotopic (exact) mass is 246 g/mol. The van der Waals surface area contributed by atoms with Gasteiger partial charge < -0.3 is 10.4 Å². The van der Waals surface area contributed by atoms with E-state index in [9.17, 15) is 13.5 Å². The molecule has 0 aliphatic carbocycles. The SMILES string of the molecule is O=S1(=O)CC(O)C(NCCn2ccnn2)C1. The number of nitrogens with zero attached hydrogens (tertiary/aromatic N) is 3. The highest BCUT2D eigenvalue weighted by Gasteiger charge is 2.35. The Morgan fingerprint density at radius 1 is 1.50 bits per heavy atom. The van der Waals surface area contributed by atoms with Crippen molar-refractivity contribution in [2.75, 3.05) is 18.1 Å². The molecule has 2 rings (SSSR count). The zero-order valence-corrected chi connectivity index (χ0v) is 9.47. The Hall–Kier alpha value is -0.990. The van der Waals surface area contributed by atoms with Crippen LogP contribution in [0.5, 0.6) is 0 Å². The third kappa shape index (κ3) is 2.77. The molecule has 1 aliphatic heterocycles. The molecule has 0 saturated carbocycles. The molecule has 2 unspecified atom stereocenters. The summed E-state index contributed by atoms with van der Waals surface area (Å²) in [6.07, 6.45) is 2.50. The summed E-state index contributed by atoms with van der Waals surface area (Å²) in [4.78, 5) is 0. The number of aromatic nitrogens is 3. The van der Waals surface area contributed by atoms with E-state index in [0.29, 0.717) is 13.1 Å². The van der Waals surface area contributed by atoms with Crippen LogP contribution in [0.1, 0.15) is 0 Å². The van der Waals surface area contributed by atoms with Gasteiger partial charge in [0.1, 0.15) is 0 Å². The van der Waals surface area contributed by atoms with Crippen molar-refractivity contribution in [1.82, 2.24) is 20.3 Å². The number of sulfone groups is 1. The van der Waals surface area contributed by atoms with Gasteiger partial charge in [-0.15, -0.1) is 5.10 Å². The zero-order chi connectivity index (χ0) is 11.6. The van der Waals surface area contributed by atoms with E-state index in [0.717, 1.165) is 0 Å². The third-order valence-electron chi connectivity index (χ3n) is 2.54. The lowest BCUT2D eigenvalue weighted by Gasteiger charge is -2.14. The first-order valence-electron chi connectivity index (χ1n) is 5.03. The van der Waals surface area contributed by atoms with Crippen LogP contribution in [0.3, 0.4) is 0 Å². The number of rotatable bonds is 4. The van der Waals surface area contributed by atoms with Crippen LogP contribution >= 0.6 is 0 Å². The molecule has 1 aromatic heterocycles. The fourth-order valence-electron chi connectivity index (χ4n) is 1.74. The summed E-state index contributed by atoms with van der Waals surface area (Å²) in [5.74, 6) is -0.139. The van der Waals surface area contributed by atoms with E-state index in [1.807, 2.05) is 0 Å². The predicted molar refractivity (Wildman–Crippen MR) is 56.5 cm³/mol. The van der Waals surface area contributed by atoms with Crippen LogP contribution in [-0.2, 0) is 16.4 Å². The average Bonchev–Trinajstić information content (AvgIpc) is 2.75. The summed E-state index contributed by atoms with van der Waals surface area (Å²) >= 11 is 0. The first kappa shape index (κ1) is 11.5. The van der Waals surface area contributed by atoms with Gasteiger partial charge in [0.05, 0.1) is 30.4 Å². The minimum Gasteiger partial charge on any atom is -0.390 e. The predicted octanol–water partition coefficient (Wildman–Crippen LogP) is -1.97. The molecule has 1 fully saturated rings. The lowest BCUT2D eigenvalue weighted by atomic mass is 10.2. The van der Waals surface area contributed by atoms with Gasteiger partial charge in [-0.25, -0.2) is 8.42 Å². The Bertz CT molecular complexity index is 430. The molecule has 1 aliphatic rings. The van der Waals surface area contributed by atoms with E-state index in [2.05, 4.69) is 15.6 Å². The fraction of sp³-hybridized carbons (Fsp3) is 0.750. The van der Waals surface area contributed by atoms with Crippen LogP contribution in [0.2, 0.25) is 0 Å². The second-order valence-corrected chi connectivity index (χ2v) is 6.02. The van der Waals surface area contributed by atoms with Crippen molar-refractivity contribution in [1.29, 1.82) is 0 Å². The second kappa shape index (κ2) is 4.48. The number of aliphatic hydroxyl groups excluding tert-OH is 1. The zero-order valence-electron chi connectivity index (χ0n) is 8.65. The van der Waals surface area contributed by atoms with E-state index in [1.54, 1.807) is 17.1 Å². The molecule has 7 nitrogen and oxygen atoms in total. The molecule has 0 spiro atoms. The van der Waals surface area contributed by atoms with Gasteiger partial charge in [0, 0.05) is 18.8 Å². The van der Waals surface area contributed by atoms with Gasteiger partial charge in [-0.05, 0) is 0 Å². The van der Waals surface area contributed by atoms with Gasteiger partial charge in [-0.1, -0.05) is 5.21 Å². The summed E-state index contributed by atoms with van der Waals surface area (Å²) in [6, 6.07) is -0.367. The summed E-state index contributed by atoms with van der Waals surface area (Å²) in [5, 5.41) is 19.9. The fourth-order valence-corrected chi connectivity index (χ4v) is 3.52. The Morgan fingerprint density at radius 2 is 2.31 bits per heavy atom. The van der Waals surface area contributed by atoms with Gasteiger partial charge in [0.15, 0.2) is 9.84 Å². The number of hydrogen-bond acceptors (Lipinski definition) is 6. The lowest BCUT2D eigenvalue weighted by molar-refractivity contribution is 0.165. The van der Waals surface area contributed by atoms with E-state index in [1.165, 1.54) is 0 Å². The molecule has 2 heterocycles. The van der Waals surface area contributed by atoms with Crippen molar-refractivity contribution in [3.05, 3.63) is 12.4 Å². The molecule has 8 heteroatoms. The molecule has 1 saturated heterocycles. The van der Waals surface area contributed by atoms with E-state index in [4.69, 9.17) is 0 Å². The van der Waals surface area contributed by atoms with Crippen LogP contribution in [-0.4, -0.2) is 58.7 Å².